The van der Waals surface area contributed by atoms with Gasteiger partial charge in [0.15, 0.2) is 5.16 Å². The molecule has 3 nitrogen and oxygen atoms in total. The lowest BCUT2D eigenvalue weighted by Gasteiger charge is -2.02. The van der Waals surface area contributed by atoms with Gasteiger partial charge in [-0.15, -0.1) is 21.5 Å². The van der Waals surface area contributed by atoms with Crippen LogP contribution in [0.2, 0.25) is 0 Å². The molecule has 0 radical (unpaired) electrons. The summed E-state index contributed by atoms with van der Waals surface area (Å²) in [6.07, 6.45) is 0.823. The largest absolute Gasteiger partial charge is 0.309 e. The molecule has 0 aliphatic carbocycles. The highest BCUT2D eigenvalue weighted by molar-refractivity contribution is 7.99. The van der Waals surface area contributed by atoms with E-state index in [9.17, 15) is 0 Å². The summed E-state index contributed by atoms with van der Waals surface area (Å²) in [6, 6.07) is 4.15. The van der Waals surface area contributed by atoms with Gasteiger partial charge in [-0.2, -0.15) is 0 Å². The van der Waals surface area contributed by atoms with E-state index in [2.05, 4.69) is 28.2 Å². The van der Waals surface area contributed by atoms with E-state index in [1.54, 1.807) is 23.1 Å². The van der Waals surface area contributed by atoms with Gasteiger partial charge in [0.1, 0.15) is 5.82 Å². The quantitative estimate of drug-likeness (QED) is 0.790. The molecule has 2 heterocycles. The second kappa shape index (κ2) is 5.71. The maximum atomic E-state index is 5.73. The van der Waals surface area contributed by atoms with E-state index in [4.69, 9.17) is 11.6 Å². The molecule has 0 atom stereocenters. The predicted octanol–water partition coefficient (Wildman–Crippen LogP) is 3.31. The molecule has 2 rings (SSSR count). The van der Waals surface area contributed by atoms with Crippen LogP contribution in [0.15, 0.2) is 34.3 Å². The summed E-state index contributed by atoms with van der Waals surface area (Å²) in [5.74, 6) is 1.63. The first-order valence-electron chi connectivity index (χ1n) is 5.03. The highest BCUT2D eigenvalue weighted by Crippen LogP contribution is 2.21. The van der Waals surface area contributed by atoms with Crippen molar-refractivity contribution in [2.24, 2.45) is 7.05 Å². The Morgan fingerprint density at radius 3 is 3.06 bits per heavy atom. The minimum Gasteiger partial charge on any atom is -0.309 e. The van der Waals surface area contributed by atoms with Crippen LogP contribution in [0.5, 0.6) is 0 Å². The lowest BCUT2D eigenvalue weighted by molar-refractivity contribution is 0.751. The molecule has 17 heavy (non-hydrogen) atoms. The molecule has 0 N–H and O–H groups in total. The molecule has 0 fully saturated rings. The van der Waals surface area contributed by atoms with E-state index < -0.39 is 0 Å². The molecule has 0 aromatic carbocycles. The Balaban J connectivity index is 2.07. The number of thiophene rings is 1. The van der Waals surface area contributed by atoms with Gasteiger partial charge in [-0.3, -0.25) is 0 Å². The Morgan fingerprint density at radius 1 is 1.59 bits per heavy atom. The third-order valence-corrected chi connectivity index (χ3v) is 4.47. The molecule has 2 aromatic rings. The van der Waals surface area contributed by atoms with Crippen molar-refractivity contribution in [1.29, 1.82) is 0 Å². The third kappa shape index (κ3) is 3.34. The van der Waals surface area contributed by atoms with Crippen LogP contribution < -0.4 is 0 Å². The molecular formula is C11H12ClN3S2. The fourth-order valence-corrected chi connectivity index (χ4v) is 2.89. The van der Waals surface area contributed by atoms with Crippen molar-refractivity contribution in [2.45, 2.75) is 11.6 Å². The van der Waals surface area contributed by atoms with Gasteiger partial charge in [0.05, 0.1) is 0 Å². The number of rotatable bonds is 5. The van der Waals surface area contributed by atoms with Crippen molar-refractivity contribution >= 4 is 34.7 Å². The van der Waals surface area contributed by atoms with Crippen LogP contribution in [0, 0.1) is 0 Å². The number of hydrogen-bond donors (Lipinski definition) is 0. The van der Waals surface area contributed by atoms with Gasteiger partial charge in [0.25, 0.3) is 0 Å². The second-order valence-corrected chi connectivity index (χ2v) is 6.03. The van der Waals surface area contributed by atoms with Crippen molar-refractivity contribution in [3.05, 3.63) is 39.8 Å². The van der Waals surface area contributed by atoms with Gasteiger partial charge < -0.3 is 4.57 Å². The first-order valence-corrected chi connectivity index (χ1v) is 7.28. The summed E-state index contributed by atoms with van der Waals surface area (Å²) < 4.78 is 2.00. The molecule has 0 unspecified atom stereocenters. The Bertz CT molecular complexity index is 505. The molecule has 0 aliphatic heterocycles. The number of nitrogens with zero attached hydrogens (tertiary/aromatic N) is 3. The number of aromatic nitrogens is 3. The maximum Gasteiger partial charge on any atom is 0.191 e. The van der Waals surface area contributed by atoms with Crippen molar-refractivity contribution in [3.8, 4) is 0 Å². The first kappa shape index (κ1) is 12.7. The molecular weight excluding hydrogens is 274 g/mol. The topological polar surface area (TPSA) is 30.7 Å². The molecule has 6 heteroatoms. The van der Waals surface area contributed by atoms with E-state index in [0.717, 1.165) is 17.4 Å². The highest BCUT2D eigenvalue weighted by Gasteiger charge is 2.10. The lowest BCUT2D eigenvalue weighted by Crippen LogP contribution is -1.99. The fraction of sp³-hybridized carbons (Fsp3) is 0.273. The van der Waals surface area contributed by atoms with Gasteiger partial charge in [-0.05, 0) is 11.4 Å². The lowest BCUT2D eigenvalue weighted by atomic mass is 10.3. The standard InChI is InChI=1S/C11H12ClN3S2/c1-8(12)7-17-11-14-13-10(15(11)2)6-9-4-3-5-16-9/h3-5H,1,6-7H2,2H3. The molecule has 0 saturated carbocycles. The fourth-order valence-electron chi connectivity index (χ4n) is 1.34. The van der Waals surface area contributed by atoms with Crippen LogP contribution in [0.25, 0.3) is 0 Å². The van der Waals surface area contributed by atoms with E-state index in [1.165, 1.54) is 4.88 Å². The minimum absolute atomic E-state index is 0.623. The minimum atomic E-state index is 0.623. The van der Waals surface area contributed by atoms with Gasteiger partial charge in [0, 0.05) is 29.1 Å². The van der Waals surface area contributed by atoms with Gasteiger partial charge in [-0.1, -0.05) is 36.0 Å². The van der Waals surface area contributed by atoms with Gasteiger partial charge >= 0.3 is 0 Å². The van der Waals surface area contributed by atoms with Crippen LogP contribution in [0.3, 0.4) is 0 Å². The molecule has 0 bridgehead atoms. The van der Waals surface area contributed by atoms with Crippen molar-refractivity contribution in [3.63, 3.8) is 0 Å². The summed E-state index contributed by atoms with van der Waals surface area (Å²) in [5.41, 5.74) is 0. The highest BCUT2D eigenvalue weighted by atomic mass is 35.5. The van der Waals surface area contributed by atoms with Gasteiger partial charge in [-0.25, -0.2) is 0 Å². The Morgan fingerprint density at radius 2 is 2.41 bits per heavy atom. The predicted molar refractivity (Wildman–Crippen MR) is 73.8 cm³/mol. The van der Waals surface area contributed by atoms with Crippen molar-refractivity contribution < 1.29 is 0 Å². The maximum absolute atomic E-state index is 5.73. The molecule has 0 aliphatic rings. The van der Waals surface area contributed by atoms with Crippen molar-refractivity contribution in [2.75, 3.05) is 5.75 Å². The Hall–Kier alpha value is -0.780. The van der Waals surface area contributed by atoms with Crippen LogP contribution >= 0.6 is 34.7 Å². The number of halogens is 1. The van der Waals surface area contributed by atoms with Crippen LogP contribution in [-0.4, -0.2) is 20.5 Å². The van der Waals surface area contributed by atoms with E-state index in [0.29, 0.717) is 10.8 Å². The summed E-state index contributed by atoms with van der Waals surface area (Å²) in [5, 5.41) is 11.9. The molecule has 90 valence electrons. The zero-order valence-electron chi connectivity index (χ0n) is 9.39. The van der Waals surface area contributed by atoms with E-state index in [-0.39, 0.29) is 0 Å². The monoisotopic (exact) mass is 285 g/mol. The molecule has 2 aromatic heterocycles. The molecule has 0 amide bonds. The summed E-state index contributed by atoms with van der Waals surface area (Å²) >= 11 is 9.01. The third-order valence-electron chi connectivity index (χ3n) is 2.20. The summed E-state index contributed by atoms with van der Waals surface area (Å²) in [4.78, 5) is 1.29. The Kier molecular flexibility index (Phi) is 4.25. The SMILES string of the molecule is C=C(Cl)CSc1nnc(Cc2cccs2)n1C. The molecule has 0 spiro atoms. The first-order chi connectivity index (χ1) is 8.16. The average molecular weight is 286 g/mol. The van der Waals surface area contributed by atoms with Crippen LogP contribution in [0.1, 0.15) is 10.7 Å². The van der Waals surface area contributed by atoms with E-state index >= 15 is 0 Å². The average Bonchev–Trinajstić information content (AvgIpc) is 2.89. The van der Waals surface area contributed by atoms with E-state index in [1.807, 2.05) is 17.7 Å². The zero-order chi connectivity index (χ0) is 12.3. The second-order valence-electron chi connectivity index (χ2n) is 3.52. The number of thioether (sulfide) groups is 1. The summed E-state index contributed by atoms with van der Waals surface area (Å²) in [6.45, 7) is 3.66. The molecule has 0 saturated heterocycles. The smallest absolute Gasteiger partial charge is 0.191 e. The zero-order valence-corrected chi connectivity index (χ0v) is 11.8. The normalized spacial score (nSPS) is 10.7. The van der Waals surface area contributed by atoms with Crippen molar-refractivity contribution in [1.82, 2.24) is 14.8 Å². The van der Waals surface area contributed by atoms with Gasteiger partial charge in [0.2, 0.25) is 0 Å². The Labute approximate surface area is 114 Å². The number of hydrogen-bond acceptors (Lipinski definition) is 4. The van der Waals surface area contributed by atoms with Crippen LogP contribution in [0.4, 0.5) is 0 Å². The summed E-state index contributed by atoms with van der Waals surface area (Å²) in [7, 11) is 1.97. The van der Waals surface area contributed by atoms with Crippen LogP contribution in [-0.2, 0) is 13.5 Å².